The highest BCUT2D eigenvalue weighted by Crippen LogP contribution is 2.21. The van der Waals surface area contributed by atoms with E-state index in [0.717, 1.165) is 0 Å². The highest BCUT2D eigenvalue weighted by Gasteiger charge is 2.30. The van der Waals surface area contributed by atoms with Crippen LogP contribution in [0.25, 0.3) is 10.9 Å². The van der Waals surface area contributed by atoms with Crippen LogP contribution < -0.4 is 4.72 Å². The normalized spacial score (nSPS) is 14.6. The van der Waals surface area contributed by atoms with E-state index in [0.29, 0.717) is 17.3 Å². The number of hydrogen-bond acceptors (Lipinski definition) is 4. The first-order valence-corrected chi connectivity index (χ1v) is 8.44. The van der Waals surface area contributed by atoms with Crippen LogP contribution in [0.4, 0.5) is 0 Å². The third kappa shape index (κ3) is 3.26. The van der Waals surface area contributed by atoms with Crippen LogP contribution in [0.2, 0.25) is 0 Å². The average molecular weight is 322 g/mol. The minimum absolute atomic E-state index is 0.0137. The molecular weight excluding hydrogens is 304 g/mol. The number of rotatable bonds is 6. The predicted molar refractivity (Wildman–Crippen MR) is 82.9 cm³/mol. The quantitative estimate of drug-likeness (QED) is 0.848. The molecule has 0 unspecified atom stereocenters. The lowest BCUT2D eigenvalue weighted by molar-refractivity contribution is -0.140. The summed E-state index contributed by atoms with van der Waals surface area (Å²) in [6, 6.07) is 7.08. The Bertz CT molecular complexity index is 784. The van der Waals surface area contributed by atoms with Crippen LogP contribution >= 0.6 is 0 Å². The van der Waals surface area contributed by atoms with Gasteiger partial charge in [-0.2, -0.15) is 4.72 Å². The number of carboxylic acids is 1. The number of nitrogens with one attached hydrogen (secondary N) is 1. The Labute approximate surface area is 129 Å². The van der Waals surface area contributed by atoms with Crippen LogP contribution in [-0.4, -0.2) is 30.5 Å². The Balaban J connectivity index is 2.47. The van der Waals surface area contributed by atoms with Crippen molar-refractivity contribution in [1.82, 2.24) is 9.71 Å². The number of aromatic nitrogens is 1. The lowest BCUT2D eigenvalue weighted by Gasteiger charge is -2.20. The second-order valence-corrected chi connectivity index (χ2v) is 6.84. The van der Waals surface area contributed by atoms with Gasteiger partial charge in [0.1, 0.15) is 10.9 Å². The Morgan fingerprint density at radius 2 is 2.00 bits per heavy atom. The second-order valence-electron chi connectivity index (χ2n) is 5.15. The molecule has 0 spiro atoms. The summed E-state index contributed by atoms with van der Waals surface area (Å²) in [7, 11) is -3.98. The van der Waals surface area contributed by atoms with Gasteiger partial charge in [0.25, 0.3) is 0 Å². The molecular formula is C15H18N2O4S. The van der Waals surface area contributed by atoms with Crippen molar-refractivity contribution in [3.63, 3.8) is 0 Å². The molecule has 6 nitrogen and oxygen atoms in total. The molecule has 0 aliphatic heterocycles. The molecule has 0 radical (unpaired) electrons. The first kappa shape index (κ1) is 16.4. The van der Waals surface area contributed by atoms with Crippen LogP contribution in [0.3, 0.4) is 0 Å². The monoisotopic (exact) mass is 322 g/mol. The third-order valence-electron chi connectivity index (χ3n) is 3.65. The number of benzene rings is 1. The molecule has 2 atom stereocenters. The van der Waals surface area contributed by atoms with Gasteiger partial charge in [-0.1, -0.05) is 38.5 Å². The molecule has 0 saturated heterocycles. The number of nitrogens with zero attached hydrogens (tertiary/aromatic N) is 1. The maximum absolute atomic E-state index is 12.6. The number of para-hydroxylation sites is 1. The molecule has 2 N–H and O–H groups in total. The van der Waals surface area contributed by atoms with E-state index >= 15 is 0 Å². The van der Waals surface area contributed by atoms with Gasteiger partial charge in [0.15, 0.2) is 0 Å². The van der Waals surface area contributed by atoms with E-state index in [-0.39, 0.29) is 10.8 Å². The van der Waals surface area contributed by atoms with Crippen LogP contribution in [0.15, 0.2) is 41.4 Å². The molecule has 1 heterocycles. The molecule has 1 aromatic heterocycles. The fraction of sp³-hybridized carbons (Fsp3) is 0.333. The van der Waals surface area contributed by atoms with Crippen LogP contribution in [0, 0.1) is 5.92 Å². The van der Waals surface area contributed by atoms with Crippen molar-refractivity contribution in [2.45, 2.75) is 31.2 Å². The van der Waals surface area contributed by atoms with Crippen molar-refractivity contribution in [3.8, 4) is 0 Å². The van der Waals surface area contributed by atoms with Gasteiger partial charge in [-0.15, -0.1) is 0 Å². The minimum Gasteiger partial charge on any atom is -0.480 e. The first-order valence-electron chi connectivity index (χ1n) is 6.95. The van der Waals surface area contributed by atoms with Crippen molar-refractivity contribution in [2.75, 3.05) is 0 Å². The van der Waals surface area contributed by atoms with E-state index in [9.17, 15) is 18.3 Å². The standard InChI is InChI=1S/C15H18N2O4S/c1-3-10(2)13(15(18)19)17-22(20,21)12-8-4-6-11-7-5-9-16-14(11)12/h4-10,13,17H,3H2,1-2H3,(H,18,19)/t10-,13-/m0/s1. The van der Waals surface area contributed by atoms with E-state index in [4.69, 9.17) is 0 Å². The van der Waals surface area contributed by atoms with Gasteiger partial charge in [-0.25, -0.2) is 8.42 Å². The number of fused-ring (bicyclic) bond motifs is 1. The van der Waals surface area contributed by atoms with E-state index in [1.54, 1.807) is 31.2 Å². The molecule has 118 valence electrons. The summed E-state index contributed by atoms with van der Waals surface area (Å²) in [5.74, 6) is -1.51. The number of hydrogen-bond donors (Lipinski definition) is 2. The zero-order valence-corrected chi connectivity index (χ0v) is 13.2. The van der Waals surface area contributed by atoms with Crippen molar-refractivity contribution in [2.24, 2.45) is 5.92 Å². The molecule has 0 saturated carbocycles. The number of aliphatic carboxylic acids is 1. The zero-order chi connectivity index (χ0) is 16.3. The molecule has 7 heteroatoms. The van der Waals surface area contributed by atoms with Crippen molar-refractivity contribution in [1.29, 1.82) is 0 Å². The fourth-order valence-electron chi connectivity index (χ4n) is 2.17. The summed E-state index contributed by atoms with van der Waals surface area (Å²) in [6.07, 6.45) is 2.05. The van der Waals surface area contributed by atoms with Crippen LogP contribution in [0.1, 0.15) is 20.3 Å². The Morgan fingerprint density at radius 1 is 1.32 bits per heavy atom. The smallest absolute Gasteiger partial charge is 0.322 e. The van der Waals surface area contributed by atoms with Crippen LogP contribution in [-0.2, 0) is 14.8 Å². The maximum Gasteiger partial charge on any atom is 0.322 e. The van der Waals surface area contributed by atoms with E-state index in [1.807, 2.05) is 6.92 Å². The largest absolute Gasteiger partial charge is 0.480 e. The van der Waals surface area contributed by atoms with Gasteiger partial charge in [0.05, 0.1) is 5.52 Å². The SMILES string of the molecule is CC[C@H](C)[C@H](NS(=O)(=O)c1cccc2cccnc12)C(=O)O. The summed E-state index contributed by atoms with van der Waals surface area (Å²) in [6.45, 7) is 3.51. The van der Waals surface area contributed by atoms with Gasteiger partial charge in [-0.3, -0.25) is 9.78 Å². The first-order chi connectivity index (χ1) is 10.4. The lowest BCUT2D eigenvalue weighted by Crippen LogP contribution is -2.44. The Morgan fingerprint density at radius 3 is 2.64 bits per heavy atom. The lowest BCUT2D eigenvalue weighted by atomic mass is 10.0. The molecule has 0 aliphatic carbocycles. The zero-order valence-electron chi connectivity index (χ0n) is 12.4. The maximum atomic E-state index is 12.6. The number of sulfonamides is 1. The van der Waals surface area contributed by atoms with Gasteiger partial charge in [-0.05, 0) is 18.1 Å². The average Bonchev–Trinajstić information content (AvgIpc) is 2.51. The molecule has 0 aliphatic rings. The number of pyridine rings is 1. The third-order valence-corrected chi connectivity index (χ3v) is 5.12. The van der Waals surface area contributed by atoms with Gasteiger partial charge >= 0.3 is 5.97 Å². The summed E-state index contributed by atoms with van der Waals surface area (Å²) < 4.78 is 27.4. The molecule has 2 rings (SSSR count). The minimum atomic E-state index is -3.98. The topological polar surface area (TPSA) is 96.4 Å². The summed E-state index contributed by atoms with van der Waals surface area (Å²) in [4.78, 5) is 15.4. The summed E-state index contributed by atoms with van der Waals surface area (Å²) >= 11 is 0. The van der Waals surface area contributed by atoms with Gasteiger partial charge < -0.3 is 5.11 Å². The second kappa shape index (κ2) is 6.41. The van der Waals surface area contributed by atoms with E-state index in [1.165, 1.54) is 12.3 Å². The van der Waals surface area contributed by atoms with Gasteiger partial charge in [0, 0.05) is 11.6 Å². The molecule has 22 heavy (non-hydrogen) atoms. The molecule has 2 aromatic rings. The highest BCUT2D eigenvalue weighted by atomic mass is 32.2. The molecule has 0 fully saturated rings. The highest BCUT2D eigenvalue weighted by molar-refractivity contribution is 7.89. The number of carboxylic acid groups (broad SMARTS) is 1. The van der Waals surface area contributed by atoms with Gasteiger partial charge in [0.2, 0.25) is 10.0 Å². The van der Waals surface area contributed by atoms with Crippen molar-refractivity contribution in [3.05, 3.63) is 36.5 Å². The van der Waals surface area contributed by atoms with Crippen molar-refractivity contribution < 1.29 is 18.3 Å². The predicted octanol–water partition coefficient (Wildman–Crippen LogP) is 2.01. The molecule has 1 aromatic carbocycles. The van der Waals surface area contributed by atoms with E-state index in [2.05, 4.69) is 9.71 Å². The molecule has 0 bridgehead atoms. The molecule has 0 amide bonds. The summed E-state index contributed by atoms with van der Waals surface area (Å²) in [5.41, 5.74) is 0.325. The van der Waals surface area contributed by atoms with Crippen molar-refractivity contribution >= 4 is 26.9 Å². The Kier molecular flexibility index (Phi) is 4.77. The Hall–Kier alpha value is -1.99. The summed E-state index contributed by atoms with van der Waals surface area (Å²) in [5, 5.41) is 9.94. The van der Waals surface area contributed by atoms with E-state index < -0.39 is 22.0 Å². The number of carbonyl (C=O) groups is 1. The fourth-order valence-corrected chi connectivity index (χ4v) is 3.65. The van der Waals surface area contributed by atoms with Crippen LogP contribution in [0.5, 0.6) is 0 Å².